The van der Waals surface area contributed by atoms with Gasteiger partial charge in [-0.2, -0.15) is 0 Å². The van der Waals surface area contributed by atoms with Gasteiger partial charge in [0.05, 0.1) is 5.41 Å². The third kappa shape index (κ3) is 8.83. The van der Waals surface area contributed by atoms with Gasteiger partial charge in [-0.05, 0) is 192 Å². The molecule has 0 heterocycles. The van der Waals surface area contributed by atoms with Crippen molar-refractivity contribution >= 4 is 62.4 Å². The van der Waals surface area contributed by atoms with Crippen molar-refractivity contribution in [1.29, 1.82) is 0 Å². The van der Waals surface area contributed by atoms with E-state index in [1.165, 1.54) is 33.5 Å². The standard InChI is InChI=1S/C74H58N4/c1-55-42-43-64(75(56-26-10-2-11-27-56)57-28-12-3-13-29-57)50-51-74(71-52-65(44-47-68(55)71)76(58-30-14-4-15-31-58)59-32-16-5-17-33-59)72-53-66(77(60-34-18-6-19-35-60)61-36-20-7-21-37-61)45-48-69(72)70-49-46-67(54-73(70)74)78(62-38-22-8-23-39-62)63-40-24-9-25-41-63/h2-24,26-40,42-50,52-54H,1,25,41,51H2/b43-42-,64-50+. The Kier molecular flexibility index (Phi) is 12.9. The molecule has 0 aliphatic heterocycles. The van der Waals surface area contributed by atoms with Gasteiger partial charge in [-0.1, -0.05) is 176 Å². The van der Waals surface area contributed by atoms with Gasteiger partial charge in [-0.3, -0.25) is 0 Å². The van der Waals surface area contributed by atoms with Crippen LogP contribution in [0.15, 0.2) is 321 Å². The van der Waals surface area contributed by atoms with Crippen LogP contribution in [-0.2, 0) is 5.41 Å². The van der Waals surface area contributed by atoms with Gasteiger partial charge in [-0.25, -0.2) is 0 Å². The number of para-hydroxylation sites is 7. The fraction of sp³-hybridized carbons (Fsp3) is 0.0541. The molecular weight excluding hydrogens is 945 g/mol. The van der Waals surface area contributed by atoms with Gasteiger partial charge in [0.2, 0.25) is 0 Å². The summed E-state index contributed by atoms with van der Waals surface area (Å²) >= 11 is 0. The Bertz CT molecular complexity index is 3770. The highest BCUT2D eigenvalue weighted by molar-refractivity contribution is 5.93. The minimum Gasteiger partial charge on any atom is -0.314 e. The number of anilines is 10. The van der Waals surface area contributed by atoms with Gasteiger partial charge in [0.1, 0.15) is 0 Å². The number of benzene rings is 10. The lowest BCUT2D eigenvalue weighted by Crippen LogP contribution is -2.29. The second-order valence-corrected chi connectivity index (χ2v) is 20.1. The molecule has 0 fully saturated rings. The molecule has 4 heteroatoms. The lowest BCUT2D eigenvalue weighted by atomic mass is 9.67. The Morgan fingerprint density at radius 2 is 0.679 bits per heavy atom. The molecule has 4 nitrogen and oxygen atoms in total. The van der Waals surface area contributed by atoms with Gasteiger partial charge in [0.25, 0.3) is 0 Å². The van der Waals surface area contributed by atoms with Crippen LogP contribution in [0.1, 0.15) is 41.5 Å². The van der Waals surface area contributed by atoms with Gasteiger partial charge in [-0.15, -0.1) is 0 Å². The van der Waals surface area contributed by atoms with E-state index >= 15 is 0 Å². The van der Waals surface area contributed by atoms with Gasteiger partial charge in [0, 0.05) is 68.3 Å². The Morgan fingerprint density at radius 1 is 0.333 bits per heavy atom. The molecule has 3 aliphatic carbocycles. The molecule has 0 bridgehead atoms. The summed E-state index contributed by atoms with van der Waals surface area (Å²) in [4.78, 5) is 9.66. The maximum atomic E-state index is 4.99. The fourth-order valence-electron chi connectivity index (χ4n) is 12.0. The SMILES string of the molecule is C=C1/C=C\C(N(c2ccccc2)c2ccccc2)=C/CC2(c3cc(N(c4ccccc4)c4ccccc4)ccc31)c1cc(N(C3=CC=CCC3)c3ccccc3)ccc1-c1ccc(N(c3ccccc3)c3ccccc3)cc12. The van der Waals surface area contributed by atoms with E-state index in [4.69, 9.17) is 6.58 Å². The van der Waals surface area contributed by atoms with Gasteiger partial charge < -0.3 is 19.6 Å². The zero-order valence-electron chi connectivity index (χ0n) is 43.5. The Hall–Kier alpha value is -9.90. The van der Waals surface area contributed by atoms with Crippen molar-refractivity contribution in [1.82, 2.24) is 0 Å². The molecule has 0 saturated heterocycles. The average molecular weight is 1000 g/mol. The minimum absolute atomic E-state index is 0.615. The van der Waals surface area contributed by atoms with Crippen LogP contribution in [0, 0.1) is 0 Å². The molecule has 374 valence electrons. The van der Waals surface area contributed by atoms with E-state index in [9.17, 15) is 0 Å². The first-order chi connectivity index (χ1) is 38.6. The molecule has 10 aromatic carbocycles. The number of nitrogens with zero attached hydrogens (tertiary/aromatic N) is 4. The van der Waals surface area contributed by atoms with Crippen LogP contribution in [0.2, 0.25) is 0 Å². The smallest absolute Gasteiger partial charge is 0.0507 e. The summed E-state index contributed by atoms with van der Waals surface area (Å²) in [5.41, 5.74) is 20.5. The summed E-state index contributed by atoms with van der Waals surface area (Å²) in [6, 6.07) is 97.0. The topological polar surface area (TPSA) is 13.0 Å². The van der Waals surface area contributed by atoms with Crippen LogP contribution in [0.5, 0.6) is 0 Å². The van der Waals surface area contributed by atoms with E-state index in [0.29, 0.717) is 6.42 Å². The molecule has 13 rings (SSSR count). The van der Waals surface area contributed by atoms with E-state index in [0.717, 1.165) is 86.5 Å². The molecule has 0 amide bonds. The monoisotopic (exact) mass is 1000 g/mol. The summed E-state index contributed by atoms with van der Waals surface area (Å²) in [7, 11) is 0. The van der Waals surface area contributed by atoms with E-state index in [1.807, 2.05) is 0 Å². The van der Waals surface area contributed by atoms with Gasteiger partial charge >= 0.3 is 0 Å². The zero-order valence-corrected chi connectivity index (χ0v) is 43.5. The number of hydrogen-bond acceptors (Lipinski definition) is 4. The first-order valence-corrected chi connectivity index (χ1v) is 27.1. The molecule has 1 spiro atoms. The maximum Gasteiger partial charge on any atom is 0.0507 e. The molecule has 0 radical (unpaired) electrons. The molecule has 3 aliphatic rings. The summed E-state index contributed by atoms with van der Waals surface area (Å²) in [6.07, 6.45) is 16.3. The summed E-state index contributed by atoms with van der Waals surface area (Å²) in [5, 5.41) is 0. The highest BCUT2D eigenvalue weighted by Crippen LogP contribution is 2.59. The normalized spacial score (nSPS) is 16.2. The number of rotatable bonds is 12. The average Bonchev–Trinajstić information content (AvgIpc) is 4.05. The van der Waals surface area contributed by atoms with E-state index < -0.39 is 5.41 Å². The molecule has 1 unspecified atom stereocenters. The number of hydrogen-bond donors (Lipinski definition) is 0. The molecule has 78 heavy (non-hydrogen) atoms. The van der Waals surface area contributed by atoms with Crippen LogP contribution in [0.4, 0.5) is 56.9 Å². The Morgan fingerprint density at radius 3 is 1.06 bits per heavy atom. The predicted molar refractivity (Wildman–Crippen MR) is 329 cm³/mol. The Balaban J connectivity index is 1.14. The van der Waals surface area contributed by atoms with Crippen LogP contribution >= 0.6 is 0 Å². The van der Waals surface area contributed by atoms with Crippen molar-refractivity contribution in [3.63, 3.8) is 0 Å². The van der Waals surface area contributed by atoms with E-state index in [-0.39, 0.29) is 0 Å². The fourth-order valence-corrected chi connectivity index (χ4v) is 12.0. The van der Waals surface area contributed by atoms with E-state index in [1.54, 1.807) is 0 Å². The molecule has 0 N–H and O–H groups in total. The number of fused-ring (bicyclic) bond motifs is 7. The highest BCUT2D eigenvalue weighted by atomic mass is 15.2. The predicted octanol–water partition coefficient (Wildman–Crippen LogP) is 20.0. The van der Waals surface area contributed by atoms with Crippen molar-refractivity contribution in [2.24, 2.45) is 0 Å². The summed E-state index contributed by atoms with van der Waals surface area (Å²) in [5.74, 6) is 0. The largest absolute Gasteiger partial charge is 0.314 e. The summed E-state index contributed by atoms with van der Waals surface area (Å²) < 4.78 is 0. The third-order valence-corrected chi connectivity index (χ3v) is 15.5. The highest BCUT2D eigenvalue weighted by Gasteiger charge is 2.47. The third-order valence-electron chi connectivity index (χ3n) is 15.5. The van der Waals surface area contributed by atoms with Crippen molar-refractivity contribution in [3.8, 4) is 11.1 Å². The second-order valence-electron chi connectivity index (χ2n) is 20.1. The van der Waals surface area contributed by atoms with E-state index in [2.05, 4.69) is 323 Å². The first kappa shape index (κ1) is 47.8. The Labute approximate surface area is 459 Å². The summed E-state index contributed by atoms with van der Waals surface area (Å²) in [6.45, 7) is 4.99. The van der Waals surface area contributed by atoms with Crippen molar-refractivity contribution in [2.75, 3.05) is 19.6 Å². The molecular formula is C74H58N4. The van der Waals surface area contributed by atoms with Crippen molar-refractivity contribution in [3.05, 3.63) is 344 Å². The van der Waals surface area contributed by atoms with Gasteiger partial charge in [0.15, 0.2) is 0 Å². The number of allylic oxidation sites excluding steroid dienone is 8. The second kappa shape index (κ2) is 21.0. The maximum absolute atomic E-state index is 4.99. The van der Waals surface area contributed by atoms with Crippen molar-refractivity contribution in [2.45, 2.75) is 24.7 Å². The van der Waals surface area contributed by atoms with Crippen LogP contribution in [0.25, 0.3) is 16.7 Å². The first-order valence-electron chi connectivity index (χ1n) is 27.1. The lowest BCUT2D eigenvalue weighted by Gasteiger charge is -2.37. The lowest BCUT2D eigenvalue weighted by molar-refractivity contribution is 0.641. The minimum atomic E-state index is -0.789. The van der Waals surface area contributed by atoms with Crippen molar-refractivity contribution < 1.29 is 0 Å². The molecule has 0 saturated carbocycles. The van der Waals surface area contributed by atoms with Crippen LogP contribution < -0.4 is 19.6 Å². The molecule has 10 aromatic rings. The zero-order chi connectivity index (χ0) is 52.3. The molecule has 1 atom stereocenters. The van der Waals surface area contributed by atoms with Crippen LogP contribution in [0.3, 0.4) is 0 Å². The van der Waals surface area contributed by atoms with Crippen LogP contribution in [-0.4, -0.2) is 0 Å². The quantitative estimate of drug-likeness (QED) is 0.121. The molecule has 0 aromatic heterocycles.